The summed E-state index contributed by atoms with van der Waals surface area (Å²) in [6.45, 7) is 4.28. The van der Waals surface area contributed by atoms with E-state index in [0.717, 1.165) is 15.9 Å². The Morgan fingerprint density at radius 1 is 0.900 bits per heavy atom. The van der Waals surface area contributed by atoms with Gasteiger partial charge in [0.1, 0.15) is 8.07 Å². The summed E-state index contributed by atoms with van der Waals surface area (Å²) in [5, 5.41) is 2.79. The van der Waals surface area contributed by atoms with Gasteiger partial charge >= 0.3 is 6.18 Å². The molecule has 3 rings (SSSR count). The van der Waals surface area contributed by atoms with Gasteiger partial charge in [0.05, 0.1) is 5.56 Å². The molecule has 1 aliphatic rings. The summed E-state index contributed by atoms with van der Waals surface area (Å²) in [5.41, 5.74) is 1.01. The Hall–Kier alpha value is -1.26. The molecule has 5 heteroatoms. The lowest BCUT2D eigenvalue weighted by Crippen LogP contribution is -2.49. The van der Waals surface area contributed by atoms with Crippen LogP contribution in [0.1, 0.15) is 5.56 Å². The normalized spacial score (nSPS) is 15.9. The van der Waals surface area contributed by atoms with Crippen LogP contribution >= 0.6 is 11.6 Å². The Bertz CT molecular complexity index is 705. The van der Waals surface area contributed by atoms with Crippen LogP contribution in [0.5, 0.6) is 0 Å². The van der Waals surface area contributed by atoms with Crippen molar-refractivity contribution in [2.75, 3.05) is 0 Å². The molecule has 0 saturated carbocycles. The lowest BCUT2D eigenvalue weighted by Gasteiger charge is -2.19. The van der Waals surface area contributed by atoms with E-state index in [1.165, 1.54) is 12.1 Å². The Kier molecular flexibility index (Phi) is 2.82. The summed E-state index contributed by atoms with van der Waals surface area (Å²) in [7, 11) is -1.95. The molecule has 0 radical (unpaired) electrons. The van der Waals surface area contributed by atoms with E-state index in [1.54, 1.807) is 12.1 Å². The van der Waals surface area contributed by atoms with Gasteiger partial charge in [0.15, 0.2) is 0 Å². The van der Waals surface area contributed by atoms with E-state index in [4.69, 9.17) is 11.6 Å². The van der Waals surface area contributed by atoms with Crippen LogP contribution in [-0.4, -0.2) is 8.07 Å². The van der Waals surface area contributed by atoms with E-state index >= 15 is 0 Å². The van der Waals surface area contributed by atoms with Gasteiger partial charge in [-0.3, -0.25) is 0 Å². The SMILES string of the molecule is C[Si]1(C)c2ccc(C(F)(F)F)cc2-c2ccc(Cl)cc21. The van der Waals surface area contributed by atoms with Gasteiger partial charge in [-0.25, -0.2) is 0 Å². The van der Waals surface area contributed by atoms with Crippen LogP contribution in [0, 0.1) is 0 Å². The molecule has 0 atom stereocenters. The molecular weight excluding hydrogens is 301 g/mol. The maximum atomic E-state index is 12.9. The van der Waals surface area contributed by atoms with Gasteiger partial charge in [-0.2, -0.15) is 13.2 Å². The van der Waals surface area contributed by atoms with Crippen LogP contribution < -0.4 is 10.4 Å². The lowest BCUT2D eigenvalue weighted by molar-refractivity contribution is -0.137. The smallest absolute Gasteiger partial charge is 0.166 e. The molecule has 104 valence electrons. The molecule has 0 N–H and O–H groups in total. The zero-order valence-electron chi connectivity index (χ0n) is 11.0. The molecule has 1 heterocycles. The third kappa shape index (κ3) is 1.90. The molecule has 0 nitrogen and oxygen atoms in total. The zero-order valence-corrected chi connectivity index (χ0v) is 12.7. The third-order valence-corrected chi connectivity index (χ3v) is 7.74. The minimum absolute atomic E-state index is 0.594. The van der Waals surface area contributed by atoms with Crippen molar-refractivity contribution < 1.29 is 13.2 Å². The first-order valence-electron chi connectivity index (χ1n) is 6.23. The van der Waals surface area contributed by atoms with Crippen molar-refractivity contribution in [3.63, 3.8) is 0 Å². The first kappa shape index (κ1) is 13.7. The van der Waals surface area contributed by atoms with Gasteiger partial charge in [0.2, 0.25) is 0 Å². The highest BCUT2D eigenvalue weighted by atomic mass is 35.5. The maximum absolute atomic E-state index is 12.9. The van der Waals surface area contributed by atoms with E-state index in [2.05, 4.69) is 13.1 Å². The molecule has 0 saturated heterocycles. The molecule has 20 heavy (non-hydrogen) atoms. The first-order valence-corrected chi connectivity index (χ1v) is 9.61. The average molecular weight is 313 g/mol. The molecule has 0 unspecified atom stereocenters. The number of hydrogen-bond donors (Lipinski definition) is 0. The molecule has 2 aromatic rings. The number of rotatable bonds is 0. The fraction of sp³-hybridized carbons (Fsp3) is 0.200. The van der Waals surface area contributed by atoms with Gasteiger partial charge in [0, 0.05) is 5.02 Å². The van der Waals surface area contributed by atoms with Gasteiger partial charge in [-0.05, 0) is 39.7 Å². The van der Waals surface area contributed by atoms with Crippen LogP contribution in [0.15, 0.2) is 36.4 Å². The van der Waals surface area contributed by atoms with Crippen LogP contribution in [-0.2, 0) is 6.18 Å². The molecule has 0 aromatic heterocycles. The molecule has 0 fully saturated rings. The molecule has 2 aromatic carbocycles. The third-order valence-electron chi connectivity index (χ3n) is 3.97. The predicted molar refractivity (Wildman–Crippen MR) is 78.6 cm³/mol. The number of hydrogen-bond acceptors (Lipinski definition) is 0. The quantitative estimate of drug-likeness (QED) is 0.641. The van der Waals surface area contributed by atoms with Crippen LogP contribution in [0.2, 0.25) is 18.1 Å². The molecule has 1 aliphatic heterocycles. The number of halogens is 4. The zero-order chi connectivity index (χ0) is 14.7. The monoisotopic (exact) mass is 312 g/mol. The van der Waals surface area contributed by atoms with Crippen LogP contribution in [0.25, 0.3) is 11.1 Å². The van der Waals surface area contributed by atoms with Crippen molar-refractivity contribution in [2.24, 2.45) is 0 Å². The van der Waals surface area contributed by atoms with Crippen LogP contribution in [0.3, 0.4) is 0 Å². The highest BCUT2D eigenvalue weighted by Gasteiger charge is 2.39. The fourth-order valence-corrected chi connectivity index (χ4v) is 6.24. The standard InChI is InChI=1S/C15H12ClF3Si/c1-20(2)13-6-3-9(15(17,18)19)7-12(13)11-5-4-10(16)8-14(11)20/h3-8H,1-2H3. The van der Waals surface area contributed by atoms with Crippen molar-refractivity contribution in [1.29, 1.82) is 0 Å². The van der Waals surface area contributed by atoms with Gasteiger partial charge in [-0.15, -0.1) is 0 Å². The number of fused-ring (bicyclic) bond motifs is 3. The topological polar surface area (TPSA) is 0 Å². The Morgan fingerprint density at radius 2 is 1.60 bits per heavy atom. The van der Waals surface area contributed by atoms with Gasteiger partial charge < -0.3 is 0 Å². The fourth-order valence-electron chi connectivity index (χ4n) is 2.90. The molecule has 0 bridgehead atoms. The molecule has 0 spiro atoms. The second-order valence-corrected chi connectivity index (χ2v) is 10.3. The van der Waals surface area contributed by atoms with Crippen molar-refractivity contribution in [1.82, 2.24) is 0 Å². The highest BCUT2D eigenvalue weighted by molar-refractivity contribution is 7.03. The van der Waals surface area contributed by atoms with E-state index < -0.39 is 19.8 Å². The second kappa shape index (κ2) is 4.12. The summed E-state index contributed by atoms with van der Waals surface area (Å²) < 4.78 is 38.6. The van der Waals surface area contributed by atoms with Crippen molar-refractivity contribution in [3.8, 4) is 11.1 Å². The van der Waals surface area contributed by atoms with E-state index in [0.29, 0.717) is 10.6 Å². The van der Waals surface area contributed by atoms with Crippen molar-refractivity contribution in [2.45, 2.75) is 19.3 Å². The number of benzene rings is 2. The minimum atomic E-state index is -4.31. The largest absolute Gasteiger partial charge is 0.416 e. The maximum Gasteiger partial charge on any atom is 0.416 e. The summed E-state index contributed by atoms with van der Waals surface area (Å²) in [5.74, 6) is 0. The van der Waals surface area contributed by atoms with Crippen molar-refractivity contribution >= 4 is 30.0 Å². The highest BCUT2D eigenvalue weighted by Crippen LogP contribution is 2.35. The second-order valence-electron chi connectivity index (χ2n) is 5.57. The van der Waals surface area contributed by atoms with Crippen molar-refractivity contribution in [3.05, 3.63) is 47.0 Å². The Labute approximate surface area is 121 Å². The average Bonchev–Trinajstić information content (AvgIpc) is 2.57. The summed E-state index contributed by atoms with van der Waals surface area (Å²) in [6.07, 6.45) is -4.31. The van der Waals surface area contributed by atoms with Gasteiger partial charge in [0.25, 0.3) is 0 Å². The Balaban J connectivity index is 2.29. The van der Waals surface area contributed by atoms with E-state index in [1.807, 2.05) is 12.1 Å². The summed E-state index contributed by atoms with van der Waals surface area (Å²) in [6, 6.07) is 9.55. The molecule has 0 amide bonds. The van der Waals surface area contributed by atoms with E-state index in [-0.39, 0.29) is 0 Å². The molecule has 0 aliphatic carbocycles. The predicted octanol–water partition coefficient (Wildman–Crippen LogP) is 4.16. The lowest BCUT2D eigenvalue weighted by atomic mass is 10.0. The minimum Gasteiger partial charge on any atom is -0.166 e. The summed E-state index contributed by atoms with van der Waals surface area (Å²) >= 11 is 6.04. The number of alkyl halides is 3. The first-order chi connectivity index (χ1) is 9.21. The van der Waals surface area contributed by atoms with Gasteiger partial charge in [-0.1, -0.05) is 42.9 Å². The molecular formula is C15H12ClF3Si. The van der Waals surface area contributed by atoms with Crippen LogP contribution in [0.4, 0.5) is 13.2 Å². The summed E-state index contributed by atoms with van der Waals surface area (Å²) in [4.78, 5) is 0. The Morgan fingerprint density at radius 3 is 2.25 bits per heavy atom. The van der Waals surface area contributed by atoms with E-state index in [9.17, 15) is 13.2 Å².